The number of likely N-dealkylation sites (tertiary alicyclic amines) is 1. The van der Waals surface area contributed by atoms with Gasteiger partial charge in [0.05, 0.1) is 0 Å². The van der Waals surface area contributed by atoms with Crippen molar-refractivity contribution in [2.75, 3.05) is 13.1 Å². The van der Waals surface area contributed by atoms with Crippen molar-refractivity contribution >= 4 is 5.91 Å². The van der Waals surface area contributed by atoms with Crippen LogP contribution in [0.3, 0.4) is 0 Å². The Hall–Kier alpha value is -2.51. The van der Waals surface area contributed by atoms with E-state index in [0.29, 0.717) is 31.1 Å². The number of carbonyl (C=O) groups is 1. The fourth-order valence-electron chi connectivity index (χ4n) is 3.05. The average Bonchev–Trinajstić information content (AvgIpc) is 3.09. The summed E-state index contributed by atoms with van der Waals surface area (Å²) in [4.78, 5) is 36.5. The van der Waals surface area contributed by atoms with E-state index in [9.17, 15) is 9.59 Å². The first-order valence-corrected chi connectivity index (χ1v) is 8.68. The van der Waals surface area contributed by atoms with Gasteiger partial charge < -0.3 is 14.4 Å². The van der Waals surface area contributed by atoms with Gasteiger partial charge in [-0.25, -0.2) is 9.78 Å². The van der Waals surface area contributed by atoms with Crippen LogP contribution in [0.15, 0.2) is 21.6 Å². The Morgan fingerprint density at radius 3 is 3.04 bits per heavy atom. The quantitative estimate of drug-likeness (QED) is 0.883. The first-order chi connectivity index (χ1) is 12.0. The third kappa shape index (κ3) is 4.32. The minimum Gasteiger partial charge on any atom is -0.342 e. The zero-order valence-corrected chi connectivity index (χ0v) is 14.6. The molecule has 134 valence electrons. The van der Waals surface area contributed by atoms with Crippen LogP contribution in [0.1, 0.15) is 62.4 Å². The lowest BCUT2D eigenvalue weighted by Crippen LogP contribution is -2.39. The summed E-state index contributed by atoms with van der Waals surface area (Å²) >= 11 is 0. The Balaban J connectivity index is 1.57. The molecule has 0 saturated carbocycles. The molecule has 0 radical (unpaired) electrons. The fraction of sp³-hybridized carbons (Fsp3) is 0.588. The first-order valence-electron chi connectivity index (χ1n) is 8.68. The molecule has 1 atom stereocenters. The van der Waals surface area contributed by atoms with Crippen molar-refractivity contribution in [1.29, 1.82) is 0 Å². The van der Waals surface area contributed by atoms with Crippen molar-refractivity contribution in [2.45, 2.75) is 51.4 Å². The van der Waals surface area contributed by atoms with E-state index in [1.807, 2.05) is 24.8 Å². The smallest absolute Gasteiger partial charge is 0.342 e. The third-order valence-corrected chi connectivity index (χ3v) is 4.46. The van der Waals surface area contributed by atoms with Gasteiger partial charge in [0.2, 0.25) is 11.8 Å². The molecule has 25 heavy (non-hydrogen) atoms. The average molecular weight is 345 g/mol. The van der Waals surface area contributed by atoms with E-state index in [2.05, 4.69) is 20.1 Å². The van der Waals surface area contributed by atoms with Gasteiger partial charge >= 0.3 is 5.69 Å². The second-order valence-corrected chi connectivity index (χ2v) is 6.71. The summed E-state index contributed by atoms with van der Waals surface area (Å²) in [5, 5.41) is 3.92. The number of nitrogens with zero attached hydrogens (tertiary/aromatic N) is 4. The van der Waals surface area contributed by atoms with Crippen LogP contribution >= 0.6 is 0 Å². The van der Waals surface area contributed by atoms with Crippen molar-refractivity contribution in [1.82, 2.24) is 25.0 Å². The van der Waals surface area contributed by atoms with Gasteiger partial charge in [-0.3, -0.25) is 4.79 Å². The molecular weight excluding hydrogens is 322 g/mol. The van der Waals surface area contributed by atoms with E-state index >= 15 is 0 Å². The molecule has 1 aliphatic rings. The molecule has 0 unspecified atom stereocenters. The SMILES string of the molecule is CC(C)c1noc(CCC(=O)N2CCC[C@@H](c3ccnc(=O)[nH]3)C2)n1. The largest absolute Gasteiger partial charge is 0.345 e. The van der Waals surface area contributed by atoms with Crippen LogP contribution in [0.5, 0.6) is 0 Å². The summed E-state index contributed by atoms with van der Waals surface area (Å²) in [5.74, 6) is 1.60. The topological polar surface area (TPSA) is 105 Å². The van der Waals surface area contributed by atoms with Crippen molar-refractivity contribution in [3.8, 4) is 0 Å². The fourth-order valence-corrected chi connectivity index (χ4v) is 3.05. The second-order valence-electron chi connectivity index (χ2n) is 6.71. The zero-order chi connectivity index (χ0) is 17.8. The van der Waals surface area contributed by atoms with Gasteiger partial charge in [0, 0.05) is 49.7 Å². The lowest BCUT2D eigenvalue weighted by molar-refractivity contribution is -0.132. The highest BCUT2D eigenvalue weighted by Gasteiger charge is 2.25. The van der Waals surface area contributed by atoms with Crippen molar-refractivity contribution in [3.63, 3.8) is 0 Å². The Morgan fingerprint density at radius 1 is 1.48 bits per heavy atom. The van der Waals surface area contributed by atoms with Crippen LogP contribution in [-0.2, 0) is 11.2 Å². The van der Waals surface area contributed by atoms with Crippen molar-refractivity contribution in [3.05, 3.63) is 40.2 Å². The van der Waals surface area contributed by atoms with Crippen molar-refractivity contribution in [2.24, 2.45) is 0 Å². The monoisotopic (exact) mass is 345 g/mol. The highest BCUT2D eigenvalue weighted by atomic mass is 16.5. The Morgan fingerprint density at radius 2 is 2.32 bits per heavy atom. The number of amides is 1. The first kappa shape index (κ1) is 17.3. The molecule has 1 N–H and O–H groups in total. The number of hydrogen-bond donors (Lipinski definition) is 1. The maximum atomic E-state index is 12.5. The Bertz CT molecular complexity index is 782. The molecule has 0 bridgehead atoms. The molecule has 0 aromatic carbocycles. The number of carbonyl (C=O) groups excluding carboxylic acids is 1. The number of aromatic nitrogens is 4. The number of rotatable bonds is 5. The molecule has 1 saturated heterocycles. The number of hydrogen-bond acceptors (Lipinski definition) is 6. The van der Waals surface area contributed by atoms with E-state index in [1.165, 1.54) is 6.20 Å². The molecule has 3 rings (SSSR count). The lowest BCUT2D eigenvalue weighted by Gasteiger charge is -2.32. The normalized spacial score (nSPS) is 17.9. The van der Waals surface area contributed by atoms with Crippen molar-refractivity contribution < 1.29 is 9.32 Å². The predicted octanol–water partition coefficient (Wildman–Crippen LogP) is 1.62. The molecule has 1 amide bonds. The zero-order valence-electron chi connectivity index (χ0n) is 14.6. The molecular formula is C17H23N5O3. The summed E-state index contributed by atoms with van der Waals surface area (Å²) in [6, 6.07) is 1.81. The van der Waals surface area contributed by atoms with Gasteiger partial charge in [0.15, 0.2) is 5.82 Å². The number of aryl methyl sites for hydroxylation is 1. The summed E-state index contributed by atoms with van der Waals surface area (Å²) in [6.45, 7) is 5.35. The summed E-state index contributed by atoms with van der Waals surface area (Å²) in [5.41, 5.74) is 0.495. The maximum absolute atomic E-state index is 12.5. The summed E-state index contributed by atoms with van der Waals surface area (Å²) in [6.07, 6.45) is 4.17. The number of aromatic amines is 1. The highest BCUT2D eigenvalue weighted by Crippen LogP contribution is 2.25. The summed E-state index contributed by atoms with van der Waals surface area (Å²) in [7, 11) is 0. The van der Waals surface area contributed by atoms with Gasteiger partial charge in [-0.2, -0.15) is 4.98 Å². The maximum Gasteiger partial charge on any atom is 0.345 e. The van der Waals surface area contributed by atoms with Crippen LogP contribution < -0.4 is 5.69 Å². The van der Waals surface area contributed by atoms with Gasteiger partial charge in [0.1, 0.15) is 0 Å². The van der Waals surface area contributed by atoms with Crippen LogP contribution in [0.4, 0.5) is 0 Å². The third-order valence-electron chi connectivity index (χ3n) is 4.46. The molecule has 1 fully saturated rings. The molecule has 0 spiro atoms. The highest BCUT2D eigenvalue weighted by molar-refractivity contribution is 5.76. The van der Waals surface area contributed by atoms with Crippen LogP contribution in [0, 0.1) is 0 Å². The Kier molecular flexibility index (Phi) is 5.25. The van der Waals surface area contributed by atoms with Crippen LogP contribution in [-0.4, -0.2) is 44.0 Å². The van der Waals surface area contributed by atoms with E-state index in [0.717, 1.165) is 25.1 Å². The number of H-pyrrole nitrogens is 1. The molecule has 8 heteroatoms. The van der Waals surface area contributed by atoms with E-state index < -0.39 is 0 Å². The Labute approximate surface area is 145 Å². The second kappa shape index (κ2) is 7.58. The molecule has 0 aliphatic carbocycles. The molecule has 2 aromatic rings. The lowest BCUT2D eigenvalue weighted by atomic mass is 9.94. The molecule has 8 nitrogen and oxygen atoms in total. The predicted molar refractivity (Wildman–Crippen MR) is 90.1 cm³/mol. The van der Waals surface area contributed by atoms with Gasteiger partial charge in [-0.1, -0.05) is 19.0 Å². The molecule has 1 aliphatic heterocycles. The standard InChI is InChI=1S/C17H23N5O3/c1-11(2)16-20-14(25-21-16)5-6-15(23)22-9-3-4-12(10-22)13-7-8-18-17(24)19-13/h7-8,11-12H,3-6,9-10H2,1-2H3,(H,18,19,24)/t12-/m1/s1. The summed E-state index contributed by atoms with van der Waals surface area (Å²) < 4.78 is 5.19. The number of nitrogens with one attached hydrogen (secondary N) is 1. The van der Waals surface area contributed by atoms with Gasteiger partial charge in [-0.05, 0) is 18.9 Å². The minimum atomic E-state index is -0.349. The molecule has 2 aromatic heterocycles. The minimum absolute atomic E-state index is 0.0744. The van der Waals surface area contributed by atoms with Gasteiger partial charge in [-0.15, -0.1) is 0 Å². The van der Waals surface area contributed by atoms with E-state index in [4.69, 9.17) is 4.52 Å². The number of piperidine rings is 1. The van der Waals surface area contributed by atoms with Gasteiger partial charge in [0.25, 0.3) is 0 Å². The van der Waals surface area contributed by atoms with E-state index in [1.54, 1.807) is 0 Å². The van der Waals surface area contributed by atoms with Crippen LogP contribution in [0.25, 0.3) is 0 Å². The molecule has 3 heterocycles. The van der Waals surface area contributed by atoms with Crippen LogP contribution in [0.2, 0.25) is 0 Å². The van der Waals surface area contributed by atoms with E-state index in [-0.39, 0.29) is 23.4 Å².